The van der Waals surface area contributed by atoms with Gasteiger partial charge in [-0.3, -0.25) is 4.79 Å². The van der Waals surface area contributed by atoms with Crippen LogP contribution in [0.3, 0.4) is 0 Å². The first kappa shape index (κ1) is 15.5. The summed E-state index contributed by atoms with van der Waals surface area (Å²) in [5.74, 6) is 0.608. The van der Waals surface area contributed by atoms with E-state index in [9.17, 15) is 4.79 Å². The highest BCUT2D eigenvalue weighted by atomic mass is 32.1. The second-order valence-electron chi connectivity index (χ2n) is 4.29. The summed E-state index contributed by atoms with van der Waals surface area (Å²) in [5.41, 5.74) is 0.727. The van der Waals surface area contributed by atoms with Crippen molar-refractivity contribution in [3.63, 3.8) is 0 Å². The molecule has 0 spiro atoms. The van der Waals surface area contributed by atoms with E-state index in [1.807, 2.05) is 31.2 Å². The van der Waals surface area contributed by atoms with Gasteiger partial charge in [-0.1, -0.05) is 6.92 Å². The van der Waals surface area contributed by atoms with E-state index < -0.39 is 0 Å². The lowest BCUT2D eigenvalue weighted by atomic mass is 10.3. The number of amides is 1. The zero-order chi connectivity index (χ0) is 15.1. The van der Waals surface area contributed by atoms with Crippen molar-refractivity contribution in [3.8, 4) is 5.75 Å². The maximum atomic E-state index is 12.1. The molecule has 2 aromatic rings. The van der Waals surface area contributed by atoms with E-state index in [0.29, 0.717) is 18.1 Å². The first-order chi connectivity index (χ1) is 10.2. The summed E-state index contributed by atoms with van der Waals surface area (Å²) >= 11 is 1.42. The fourth-order valence-electron chi connectivity index (χ4n) is 1.65. The van der Waals surface area contributed by atoms with E-state index in [1.165, 1.54) is 11.3 Å². The Kier molecular flexibility index (Phi) is 5.71. The van der Waals surface area contributed by atoms with Crippen molar-refractivity contribution in [1.82, 2.24) is 4.98 Å². The quantitative estimate of drug-likeness (QED) is 0.799. The molecule has 112 valence electrons. The normalized spacial score (nSPS) is 10.4. The van der Waals surface area contributed by atoms with Crippen LogP contribution in [0.15, 0.2) is 30.5 Å². The number of carbonyl (C=O) groups is 1. The molecule has 2 rings (SSSR count). The van der Waals surface area contributed by atoms with Crippen molar-refractivity contribution < 1.29 is 14.3 Å². The zero-order valence-electron chi connectivity index (χ0n) is 12.1. The number of aryl methyl sites for hydroxylation is 1. The van der Waals surface area contributed by atoms with Crippen molar-refractivity contribution >= 4 is 22.9 Å². The van der Waals surface area contributed by atoms with Gasteiger partial charge in [0.25, 0.3) is 5.91 Å². The van der Waals surface area contributed by atoms with Gasteiger partial charge in [0.1, 0.15) is 17.2 Å². The lowest BCUT2D eigenvalue weighted by molar-refractivity contribution is 0.103. The minimum atomic E-state index is -0.139. The van der Waals surface area contributed by atoms with Crippen LogP contribution >= 0.6 is 11.3 Å². The molecule has 0 aliphatic heterocycles. The largest absolute Gasteiger partial charge is 0.491 e. The maximum absolute atomic E-state index is 12.1. The summed E-state index contributed by atoms with van der Waals surface area (Å²) in [6.45, 7) is 3.06. The maximum Gasteiger partial charge on any atom is 0.267 e. The Morgan fingerprint density at radius 2 is 2.05 bits per heavy atom. The predicted octanol–water partition coefficient (Wildman–Crippen LogP) is 2.98. The van der Waals surface area contributed by atoms with Crippen LogP contribution in [0.25, 0.3) is 0 Å². The summed E-state index contributed by atoms with van der Waals surface area (Å²) in [5, 5.41) is 3.80. The molecular formula is C15H18N2O3S. The SMILES string of the molecule is CCc1ncc(C(=O)Nc2ccc(OCCOC)cc2)s1. The van der Waals surface area contributed by atoms with Crippen molar-refractivity contribution in [2.24, 2.45) is 0 Å². The summed E-state index contributed by atoms with van der Waals surface area (Å²) in [4.78, 5) is 16.8. The predicted molar refractivity (Wildman–Crippen MR) is 83.3 cm³/mol. The Morgan fingerprint density at radius 1 is 1.29 bits per heavy atom. The Labute approximate surface area is 127 Å². The van der Waals surface area contributed by atoms with Crippen molar-refractivity contribution in [2.45, 2.75) is 13.3 Å². The molecule has 0 aliphatic carbocycles. The molecule has 1 N–H and O–H groups in total. The van der Waals surface area contributed by atoms with Crippen molar-refractivity contribution in [2.75, 3.05) is 25.6 Å². The number of benzene rings is 1. The van der Waals surface area contributed by atoms with Gasteiger partial charge in [0.15, 0.2) is 0 Å². The Balaban J connectivity index is 1.91. The molecule has 1 aromatic carbocycles. The number of rotatable bonds is 7. The molecule has 1 heterocycles. The van der Waals surface area contributed by atoms with Gasteiger partial charge < -0.3 is 14.8 Å². The lowest BCUT2D eigenvalue weighted by Crippen LogP contribution is -2.10. The number of hydrogen-bond donors (Lipinski definition) is 1. The highest BCUT2D eigenvalue weighted by molar-refractivity contribution is 7.13. The van der Waals surface area contributed by atoms with Gasteiger partial charge in [0.05, 0.1) is 17.8 Å². The summed E-state index contributed by atoms with van der Waals surface area (Å²) in [6.07, 6.45) is 2.45. The number of carbonyl (C=O) groups excluding carboxylic acids is 1. The molecule has 6 heteroatoms. The van der Waals surface area contributed by atoms with E-state index in [0.717, 1.165) is 22.9 Å². The van der Waals surface area contributed by atoms with E-state index >= 15 is 0 Å². The first-order valence-electron chi connectivity index (χ1n) is 6.70. The van der Waals surface area contributed by atoms with Crippen LogP contribution in [0, 0.1) is 0 Å². The Bertz CT molecular complexity index is 581. The second-order valence-corrected chi connectivity index (χ2v) is 5.41. The number of nitrogens with zero attached hydrogens (tertiary/aromatic N) is 1. The molecule has 21 heavy (non-hydrogen) atoms. The number of anilines is 1. The third-order valence-corrected chi connectivity index (χ3v) is 3.89. The van der Waals surface area contributed by atoms with E-state index in [4.69, 9.17) is 9.47 Å². The average molecular weight is 306 g/mol. The van der Waals surface area contributed by atoms with Gasteiger partial charge in [0, 0.05) is 12.8 Å². The van der Waals surface area contributed by atoms with Gasteiger partial charge in [-0.05, 0) is 30.7 Å². The third-order valence-electron chi connectivity index (χ3n) is 2.75. The number of nitrogens with one attached hydrogen (secondary N) is 1. The topological polar surface area (TPSA) is 60.5 Å². The van der Waals surface area contributed by atoms with Crippen LogP contribution in [0.4, 0.5) is 5.69 Å². The van der Waals surface area contributed by atoms with E-state index in [1.54, 1.807) is 13.3 Å². The fraction of sp³-hybridized carbons (Fsp3) is 0.333. The molecule has 0 unspecified atom stereocenters. The summed E-state index contributed by atoms with van der Waals surface area (Å²) in [7, 11) is 1.63. The van der Waals surface area contributed by atoms with Gasteiger partial charge in [-0.25, -0.2) is 4.98 Å². The van der Waals surface area contributed by atoms with E-state index in [2.05, 4.69) is 10.3 Å². The number of aromatic nitrogens is 1. The minimum absolute atomic E-state index is 0.139. The van der Waals surface area contributed by atoms with Crippen LogP contribution in [0.2, 0.25) is 0 Å². The number of hydrogen-bond acceptors (Lipinski definition) is 5. The molecule has 0 bridgehead atoms. The van der Waals surface area contributed by atoms with Crippen molar-refractivity contribution in [3.05, 3.63) is 40.3 Å². The first-order valence-corrected chi connectivity index (χ1v) is 7.52. The number of methoxy groups -OCH3 is 1. The zero-order valence-corrected chi connectivity index (χ0v) is 12.9. The average Bonchev–Trinajstić information content (AvgIpc) is 2.98. The smallest absolute Gasteiger partial charge is 0.267 e. The van der Waals surface area contributed by atoms with Crippen LogP contribution in [0.5, 0.6) is 5.75 Å². The van der Waals surface area contributed by atoms with Gasteiger partial charge in [-0.2, -0.15) is 0 Å². The second kappa shape index (κ2) is 7.75. The highest BCUT2D eigenvalue weighted by Gasteiger charge is 2.10. The fourth-order valence-corrected chi connectivity index (χ4v) is 2.40. The molecule has 0 radical (unpaired) electrons. The minimum Gasteiger partial charge on any atom is -0.491 e. The number of thiazole rings is 1. The van der Waals surface area contributed by atoms with Crippen LogP contribution in [0.1, 0.15) is 21.6 Å². The highest BCUT2D eigenvalue weighted by Crippen LogP contribution is 2.18. The molecule has 5 nitrogen and oxygen atoms in total. The summed E-state index contributed by atoms with van der Waals surface area (Å²) in [6, 6.07) is 7.24. The van der Waals surface area contributed by atoms with Crippen LogP contribution in [-0.4, -0.2) is 31.2 Å². The molecule has 0 fully saturated rings. The lowest BCUT2D eigenvalue weighted by Gasteiger charge is -2.07. The van der Waals surface area contributed by atoms with Gasteiger partial charge in [0.2, 0.25) is 0 Å². The Morgan fingerprint density at radius 3 is 2.67 bits per heavy atom. The van der Waals surface area contributed by atoms with Crippen molar-refractivity contribution in [1.29, 1.82) is 0 Å². The molecule has 0 saturated carbocycles. The van der Waals surface area contributed by atoms with E-state index in [-0.39, 0.29) is 5.91 Å². The van der Waals surface area contributed by atoms with Crippen LogP contribution in [-0.2, 0) is 11.2 Å². The molecule has 0 atom stereocenters. The summed E-state index contributed by atoms with van der Waals surface area (Å²) < 4.78 is 10.4. The molecule has 0 aliphatic rings. The number of ether oxygens (including phenoxy) is 2. The molecular weight excluding hydrogens is 288 g/mol. The van der Waals surface area contributed by atoms with Crippen LogP contribution < -0.4 is 10.1 Å². The molecule has 1 aromatic heterocycles. The molecule has 0 saturated heterocycles. The standard InChI is InChI=1S/C15H18N2O3S/c1-3-14-16-10-13(21-14)15(18)17-11-4-6-12(7-5-11)20-9-8-19-2/h4-7,10H,3,8-9H2,1-2H3,(H,17,18). The third kappa shape index (κ3) is 4.54. The van der Waals surface area contributed by atoms with Gasteiger partial charge >= 0.3 is 0 Å². The van der Waals surface area contributed by atoms with Gasteiger partial charge in [-0.15, -0.1) is 11.3 Å². The Hall–Kier alpha value is -1.92. The monoisotopic (exact) mass is 306 g/mol. The molecule has 1 amide bonds.